The Bertz CT molecular complexity index is 531. The summed E-state index contributed by atoms with van der Waals surface area (Å²) < 4.78 is 33.2. The van der Waals surface area contributed by atoms with Crippen molar-refractivity contribution in [2.45, 2.75) is 58.0 Å². The number of nitrogens with zero attached hydrogens (tertiary/aromatic N) is 1. The summed E-state index contributed by atoms with van der Waals surface area (Å²) in [6, 6.07) is 4.56. The summed E-state index contributed by atoms with van der Waals surface area (Å²) in [5.41, 5.74) is 0.149. The van der Waals surface area contributed by atoms with Gasteiger partial charge in [-0.3, -0.25) is 0 Å². The SMILES string of the molecule is CCCOC1CCC(CCc2ccc(C#N)c(F)c2F)CC1. The summed E-state index contributed by atoms with van der Waals surface area (Å²) in [6.07, 6.45) is 7.12. The van der Waals surface area contributed by atoms with Crippen molar-refractivity contribution in [2.24, 2.45) is 5.92 Å². The Kier molecular flexibility index (Phi) is 6.33. The zero-order valence-corrected chi connectivity index (χ0v) is 13.1. The quantitative estimate of drug-likeness (QED) is 0.759. The predicted octanol–water partition coefficient (Wildman–Crippen LogP) is 4.75. The van der Waals surface area contributed by atoms with Crippen LogP contribution in [0.1, 0.15) is 56.6 Å². The molecule has 1 aromatic carbocycles. The van der Waals surface area contributed by atoms with Crippen LogP contribution >= 0.6 is 0 Å². The van der Waals surface area contributed by atoms with Gasteiger partial charge in [-0.25, -0.2) is 8.78 Å². The Morgan fingerprint density at radius 2 is 1.91 bits per heavy atom. The van der Waals surface area contributed by atoms with E-state index in [0.717, 1.165) is 45.1 Å². The second kappa shape index (κ2) is 8.24. The minimum atomic E-state index is -1.02. The first-order valence-corrected chi connectivity index (χ1v) is 8.14. The molecule has 1 fully saturated rings. The molecule has 0 amide bonds. The van der Waals surface area contributed by atoms with Gasteiger partial charge in [0.1, 0.15) is 6.07 Å². The summed E-state index contributed by atoms with van der Waals surface area (Å²) in [5, 5.41) is 8.69. The van der Waals surface area contributed by atoms with Gasteiger partial charge in [-0.1, -0.05) is 13.0 Å². The van der Waals surface area contributed by atoms with Crippen molar-refractivity contribution in [3.8, 4) is 6.07 Å². The van der Waals surface area contributed by atoms with Crippen molar-refractivity contribution in [1.29, 1.82) is 5.26 Å². The van der Waals surface area contributed by atoms with Gasteiger partial charge < -0.3 is 4.74 Å². The Hall–Kier alpha value is -1.47. The Morgan fingerprint density at radius 1 is 1.18 bits per heavy atom. The number of ether oxygens (including phenoxy) is 1. The molecular formula is C18H23F2NO. The van der Waals surface area contributed by atoms with Crippen LogP contribution in [0.2, 0.25) is 0 Å². The smallest absolute Gasteiger partial charge is 0.176 e. The number of nitriles is 1. The molecule has 1 saturated carbocycles. The molecule has 1 aliphatic carbocycles. The van der Waals surface area contributed by atoms with Gasteiger partial charge in [0.25, 0.3) is 0 Å². The van der Waals surface area contributed by atoms with Crippen LogP contribution in [0.4, 0.5) is 8.78 Å². The third-order valence-electron chi connectivity index (χ3n) is 4.46. The maximum Gasteiger partial charge on any atom is 0.176 e. The molecule has 0 unspecified atom stereocenters. The molecule has 2 nitrogen and oxygen atoms in total. The maximum absolute atomic E-state index is 13.9. The molecule has 2 rings (SSSR count). The molecule has 0 aromatic heterocycles. The highest BCUT2D eigenvalue weighted by Gasteiger charge is 2.22. The van der Waals surface area contributed by atoms with E-state index in [2.05, 4.69) is 6.92 Å². The van der Waals surface area contributed by atoms with Crippen molar-refractivity contribution in [2.75, 3.05) is 6.61 Å². The summed E-state index contributed by atoms with van der Waals surface area (Å²) in [6.45, 7) is 2.93. The predicted molar refractivity (Wildman–Crippen MR) is 81.4 cm³/mol. The molecule has 0 saturated heterocycles. The van der Waals surface area contributed by atoms with Crippen LogP contribution in [0.5, 0.6) is 0 Å². The zero-order valence-electron chi connectivity index (χ0n) is 13.1. The highest BCUT2D eigenvalue weighted by Crippen LogP contribution is 2.30. The van der Waals surface area contributed by atoms with Gasteiger partial charge in [-0.05, 0) is 62.5 Å². The third-order valence-corrected chi connectivity index (χ3v) is 4.46. The summed E-state index contributed by atoms with van der Waals surface area (Å²) in [7, 11) is 0. The van der Waals surface area contributed by atoms with Gasteiger partial charge in [0.05, 0.1) is 11.7 Å². The van der Waals surface area contributed by atoms with Crippen molar-refractivity contribution in [3.63, 3.8) is 0 Å². The number of hydrogen-bond acceptors (Lipinski definition) is 2. The topological polar surface area (TPSA) is 33.0 Å². The summed E-state index contributed by atoms with van der Waals surface area (Å²) in [4.78, 5) is 0. The van der Waals surface area contributed by atoms with E-state index in [9.17, 15) is 8.78 Å². The van der Waals surface area contributed by atoms with Gasteiger partial charge in [-0.15, -0.1) is 0 Å². The fourth-order valence-electron chi connectivity index (χ4n) is 3.10. The highest BCUT2D eigenvalue weighted by atomic mass is 19.2. The van der Waals surface area contributed by atoms with Crippen molar-refractivity contribution in [3.05, 3.63) is 34.9 Å². The fraction of sp³-hybridized carbons (Fsp3) is 0.611. The molecule has 0 aliphatic heterocycles. The van der Waals surface area contributed by atoms with E-state index >= 15 is 0 Å². The molecule has 4 heteroatoms. The molecule has 0 heterocycles. The normalized spacial score (nSPS) is 21.5. The van der Waals surface area contributed by atoms with Crippen LogP contribution in [0, 0.1) is 28.9 Å². The summed E-state index contributed by atoms with van der Waals surface area (Å²) in [5.74, 6) is -1.32. The second-order valence-electron chi connectivity index (χ2n) is 6.06. The molecular weight excluding hydrogens is 284 g/mol. The number of rotatable bonds is 6. The Balaban J connectivity index is 1.82. The van der Waals surface area contributed by atoms with E-state index in [4.69, 9.17) is 10.00 Å². The number of hydrogen-bond donors (Lipinski definition) is 0. The maximum atomic E-state index is 13.9. The van der Waals surface area contributed by atoms with Gasteiger partial charge in [-0.2, -0.15) is 5.26 Å². The minimum Gasteiger partial charge on any atom is -0.378 e. The molecule has 0 spiro atoms. The average Bonchev–Trinajstić information content (AvgIpc) is 2.55. The van der Waals surface area contributed by atoms with Crippen LogP contribution in [-0.4, -0.2) is 12.7 Å². The second-order valence-corrected chi connectivity index (χ2v) is 6.06. The van der Waals surface area contributed by atoms with Crippen molar-refractivity contribution < 1.29 is 13.5 Å². The first-order chi connectivity index (χ1) is 10.7. The molecule has 120 valence electrons. The first kappa shape index (κ1) is 16.9. The van der Waals surface area contributed by atoms with Gasteiger partial charge in [0.15, 0.2) is 11.6 Å². The van der Waals surface area contributed by atoms with Crippen LogP contribution in [0.15, 0.2) is 12.1 Å². The molecule has 1 aromatic rings. The molecule has 0 N–H and O–H groups in total. The van der Waals surface area contributed by atoms with E-state index in [1.54, 1.807) is 6.07 Å². The van der Waals surface area contributed by atoms with Gasteiger partial charge in [0, 0.05) is 6.61 Å². The van der Waals surface area contributed by atoms with E-state index in [-0.39, 0.29) is 5.56 Å². The Morgan fingerprint density at radius 3 is 2.55 bits per heavy atom. The first-order valence-electron chi connectivity index (χ1n) is 8.14. The lowest BCUT2D eigenvalue weighted by molar-refractivity contribution is 0.0177. The van der Waals surface area contributed by atoms with E-state index in [1.807, 2.05) is 0 Å². The number of halogens is 2. The number of benzene rings is 1. The monoisotopic (exact) mass is 307 g/mol. The van der Waals surface area contributed by atoms with Crippen molar-refractivity contribution in [1.82, 2.24) is 0 Å². The molecule has 22 heavy (non-hydrogen) atoms. The van der Waals surface area contributed by atoms with Gasteiger partial charge in [0.2, 0.25) is 0 Å². The van der Waals surface area contributed by atoms with Crippen LogP contribution < -0.4 is 0 Å². The molecule has 1 aliphatic rings. The van der Waals surface area contributed by atoms with Crippen molar-refractivity contribution >= 4 is 0 Å². The molecule has 0 bridgehead atoms. The van der Waals surface area contributed by atoms with E-state index < -0.39 is 11.6 Å². The highest BCUT2D eigenvalue weighted by molar-refractivity contribution is 5.34. The Labute approximate surface area is 131 Å². The number of aryl methyl sites for hydroxylation is 1. The lowest BCUT2D eigenvalue weighted by Crippen LogP contribution is -2.22. The zero-order chi connectivity index (χ0) is 15.9. The van der Waals surface area contributed by atoms with Crippen LogP contribution in [0.25, 0.3) is 0 Å². The van der Waals surface area contributed by atoms with Gasteiger partial charge >= 0.3 is 0 Å². The van der Waals surface area contributed by atoms with E-state index in [1.165, 1.54) is 12.1 Å². The lowest BCUT2D eigenvalue weighted by Gasteiger charge is -2.28. The molecule has 0 atom stereocenters. The minimum absolute atomic E-state index is 0.227. The van der Waals surface area contributed by atoms with Crippen LogP contribution in [-0.2, 0) is 11.2 Å². The fourth-order valence-corrected chi connectivity index (χ4v) is 3.10. The summed E-state index contributed by atoms with van der Waals surface area (Å²) >= 11 is 0. The lowest BCUT2D eigenvalue weighted by atomic mass is 9.83. The molecule has 0 radical (unpaired) electrons. The average molecular weight is 307 g/mol. The van der Waals surface area contributed by atoms with Crippen LogP contribution in [0.3, 0.4) is 0 Å². The standard InChI is InChI=1S/C18H23F2NO/c1-2-11-22-16-9-4-13(5-10-16)3-6-14-7-8-15(12-21)18(20)17(14)19/h7-8,13,16H,2-6,9-11H2,1H3. The van der Waals surface area contributed by atoms with E-state index in [0.29, 0.717) is 24.0 Å². The largest absolute Gasteiger partial charge is 0.378 e. The third kappa shape index (κ3) is 4.27.